The quantitative estimate of drug-likeness (QED) is 0.371. The number of hydrogen-bond acceptors (Lipinski definition) is 1. The lowest BCUT2D eigenvalue weighted by Crippen LogP contribution is -1.79. The maximum absolute atomic E-state index is 4.98. The predicted molar refractivity (Wildman–Crippen MR) is 29.1 cm³/mol. The molecule has 1 saturated heterocycles. The van der Waals surface area contributed by atoms with Gasteiger partial charge in [-0.3, -0.25) is 0 Å². The van der Waals surface area contributed by atoms with Gasteiger partial charge in [0, 0.05) is 0 Å². The highest BCUT2D eigenvalue weighted by Gasteiger charge is 2.32. The summed E-state index contributed by atoms with van der Waals surface area (Å²) in [6.45, 7) is 7.10. The van der Waals surface area contributed by atoms with Gasteiger partial charge in [-0.05, 0) is 0 Å². The van der Waals surface area contributed by atoms with Crippen molar-refractivity contribution in [1.82, 2.24) is 0 Å². The third-order valence-corrected chi connectivity index (χ3v) is 1.03. The van der Waals surface area contributed by atoms with E-state index >= 15 is 0 Å². The van der Waals surface area contributed by atoms with Crippen LogP contribution in [0.1, 0.15) is 0 Å². The Morgan fingerprint density at radius 3 is 1.71 bits per heavy atom. The Balaban J connectivity index is 2.30. The molecule has 1 heteroatoms. The second kappa shape index (κ2) is 1.51. The third-order valence-electron chi connectivity index (χ3n) is 1.03. The van der Waals surface area contributed by atoms with Gasteiger partial charge in [-0.1, -0.05) is 12.2 Å². The summed E-state index contributed by atoms with van der Waals surface area (Å²) in [5.41, 5.74) is 0. The van der Waals surface area contributed by atoms with E-state index in [-0.39, 0.29) is 12.2 Å². The minimum absolute atomic E-state index is 0.262. The molecule has 1 fully saturated rings. The number of rotatable bonds is 2. The first-order valence-corrected chi connectivity index (χ1v) is 2.29. The molecule has 38 valence electrons. The zero-order valence-electron chi connectivity index (χ0n) is 4.13. The summed E-state index contributed by atoms with van der Waals surface area (Å²) in [6.07, 6.45) is 4.09. The Kier molecular flexibility index (Phi) is 0.988. The van der Waals surface area contributed by atoms with Crippen molar-refractivity contribution >= 4 is 0 Å². The molecule has 0 radical (unpaired) electrons. The Hall–Kier alpha value is -0.560. The summed E-state index contributed by atoms with van der Waals surface area (Å²) in [4.78, 5) is 0. The van der Waals surface area contributed by atoms with Gasteiger partial charge in [0.25, 0.3) is 0 Å². The normalized spacial score (nSPS) is 37.1. The maximum Gasteiger partial charge on any atom is 0.106 e. The molecule has 1 aliphatic rings. The van der Waals surface area contributed by atoms with E-state index in [1.54, 1.807) is 12.2 Å². The topological polar surface area (TPSA) is 12.5 Å². The Labute approximate surface area is 43.3 Å². The Morgan fingerprint density at radius 1 is 1.14 bits per heavy atom. The van der Waals surface area contributed by atoms with Gasteiger partial charge >= 0.3 is 0 Å². The maximum atomic E-state index is 4.98. The van der Waals surface area contributed by atoms with Crippen LogP contribution in [-0.2, 0) is 4.74 Å². The molecule has 1 aliphatic heterocycles. The summed E-state index contributed by atoms with van der Waals surface area (Å²) in [5.74, 6) is 0. The van der Waals surface area contributed by atoms with Crippen LogP contribution >= 0.6 is 0 Å². The molecule has 0 unspecified atom stereocenters. The lowest BCUT2D eigenvalue weighted by Gasteiger charge is -1.67. The van der Waals surface area contributed by atoms with E-state index in [0.717, 1.165) is 0 Å². The molecule has 7 heavy (non-hydrogen) atoms. The zero-order valence-corrected chi connectivity index (χ0v) is 4.13. The molecule has 2 atom stereocenters. The van der Waals surface area contributed by atoms with Gasteiger partial charge in [0.2, 0.25) is 0 Å². The molecule has 0 N–H and O–H groups in total. The number of hydrogen-bond donors (Lipinski definition) is 0. The van der Waals surface area contributed by atoms with Gasteiger partial charge in [-0.2, -0.15) is 0 Å². The van der Waals surface area contributed by atoms with Crippen molar-refractivity contribution in [1.29, 1.82) is 0 Å². The molecule has 1 nitrogen and oxygen atoms in total. The van der Waals surface area contributed by atoms with Crippen molar-refractivity contribution < 1.29 is 4.74 Å². The summed E-state index contributed by atoms with van der Waals surface area (Å²) < 4.78 is 4.98. The SMILES string of the molecule is C=C[C@@H]1O[C@@H]1C=C. The van der Waals surface area contributed by atoms with Crippen molar-refractivity contribution in [2.24, 2.45) is 0 Å². The van der Waals surface area contributed by atoms with Crippen molar-refractivity contribution in [3.8, 4) is 0 Å². The average Bonchev–Trinajstić information content (AvgIpc) is 2.43. The van der Waals surface area contributed by atoms with Gasteiger partial charge in [0.15, 0.2) is 0 Å². The summed E-state index contributed by atoms with van der Waals surface area (Å²) in [7, 11) is 0. The fourth-order valence-electron chi connectivity index (χ4n) is 0.515. The van der Waals surface area contributed by atoms with Crippen molar-refractivity contribution in [3.63, 3.8) is 0 Å². The summed E-state index contributed by atoms with van der Waals surface area (Å²) >= 11 is 0. The predicted octanol–water partition coefficient (Wildman–Crippen LogP) is 1.13. The minimum atomic E-state index is 0.262. The Morgan fingerprint density at radius 2 is 1.57 bits per heavy atom. The van der Waals surface area contributed by atoms with Crippen LogP contribution in [0, 0.1) is 0 Å². The molecular formula is C6H8O. The van der Waals surface area contributed by atoms with E-state index in [0.29, 0.717) is 0 Å². The molecular weight excluding hydrogens is 88.1 g/mol. The standard InChI is InChI=1S/C6H8O/c1-3-5-6(4-2)7-5/h3-6H,1-2H2/t5-,6+. The van der Waals surface area contributed by atoms with Crippen molar-refractivity contribution in [3.05, 3.63) is 25.3 Å². The minimum Gasteiger partial charge on any atom is -0.361 e. The van der Waals surface area contributed by atoms with E-state index < -0.39 is 0 Å². The molecule has 0 aromatic heterocycles. The monoisotopic (exact) mass is 96.1 g/mol. The van der Waals surface area contributed by atoms with Gasteiger partial charge in [-0.15, -0.1) is 13.2 Å². The van der Waals surface area contributed by atoms with Crippen LogP contribution in [0.15, 0.2) is 25.3 Å². The lowest BCUT2D eigenvalue weighted by molar-refractivity contribution is 0.414. The Bertz CT molecular complexity index is 84.4. The van der Waals surface area contributed by atoms with E-state index in [1.165, 1.54) is 0 Å². The van der Waals surface area contributed by atoms with Gasteiger partial charge < -0.3 is 4.74 Å². The highest BCUT2D eigenvalue weighted by molar-refractivity contribution is 5.06. The van der Waals surface area contributed by atoms with Gasteiger partial charge in [0.05, 0.1) is 0 Å². The first-order chi connectivity index (χ1) is 3.38. The van der Waals surface area contributed by atoms with Gasteiger partial charge in [-0.25, -0.2) is 0 Å². The molecule has 0 bridgehead atoms. The largest absolute Gasteiger partial charge is 0.361 e. The van der Waals surface area contributed by atoms with E-state index in [2.05, 4.69) is 13.2 Å². The van der Waals surface area contributed by atoms with Gasteiger partial charge in [0.1, 0.15) is 12.2 Å². The second-order valence-corrected chi connectivity index (χ2v) is 1.54. The summed E-state index contributed by atoms with van der Waals surface area (Å²) in [5, 5.41) is 0. The first kappa shape index (κ1) is 4.60. The number of ether oxygens (including phenoxy) is 1. The molecule has 0 aromatic rings. The third kappa shape index (κ3) is 0.722. The molecule has 0 amide bonds. The number of epoxide rings is 1. The van der Waals surface area contributed by atoms with E-state index in [4.69, 9.17) is 4.74 Å². The average molecular weight is 96.1 g/mol. The van der Waals surface area contributed by atoms with E-state index in [1.807, 2.05) is 0 Å². The van der Waals surface area contributed by atoms with Crippen LogP contribution in [0.3, 0.4) is 0 Å². The van der Waals surface area contributed by atoms with Crippen molar-refractivity contribution in [2.75, 3.05) is 0 Å². The lowest BCUT2D eigenvalue weighted by atomic mass is 10.3. The summed E-state index contributed by atoms with van der Waals surface area (Å²) in [6, 6.07) is 0. The first-order valence-electron chi connectivity index (χ1n) is 2.29. The van der Waals surface area contributed by atoms with Crippen LogP contribution in [-0.4, -0.2) is 12.2 Å². The molecule has 0 aromatic carbocycles. The fraction of sp³-hybridized carbons (Fsp3) is 0.333. The van der Waals surface area contributed by atoms with Crippen molar-refractivity contribution in [2.45, 2.75) is 12.2 Å². The molecule has 0 aliphatic carbocycles. The highest BCUT2D eigenvalue weighted by Crippen LogP contribution is 2.22. The molecule has 1 heterocycles. The zero-order chi connectivity index (χ0) is 5.28. The highest BCUT2D eigenvalue weighted by atomic mass is 16.6. The van der Waals surface area contributed by atoms with Crippen LogP contribution in [0.5, 0.6) is 0 Å². The smallest absolute Gasteiger partial charge is 0.106 e. The molecule has 1 rings (SSSR count). The van der Waals surface area contributed by atoms with Crippen LogP contribution in [0.25, 0.3) is 0 Å². The fourth-order valence-corrected chi connectivity index (χ4v) is 0.515. The van der Waals surface area contributed by atoms with Crippen LogP contribution in [0.4, 0.5) is 0 Å². The molecule has 0 saturated carbocycles. The van der Waals surface area contributed by atoms with Crippen LogP contribution < -0.4 is 0 Å². The molecule has 0 spiro atoms. The second-order valence-electron chi connectivity index (χ2n) is 1.54. The van der Waals surface area contributed by atoms with Crippen LogP contribution in [0.2, 0.25) is 0 Å². The van der Waals surface area contributed by atoms with E-state index in [9.17, 15) is 0 Å².